The summed E-state index contributed by atoms with van der Waals surface area (Å²) in [6, 6.07) is 1.27. The van der Waals surface area contributed by atoms with Gasteiger partial charge in [-0.15, -0.1) is 0 Å². The molecular weight excluding hydrogens is 225 g/mol. The lowest BCUT2D eigenvalue weighted by Gasteiger charge is -2.07. The Morgan fingerprint density at radius 3 is 2.69 bits per heavy atom. The summed E-state index contributed by atoms with van der Waals surface area (Å²) in [6.45, 7) is 2.00. The number of nitrogens with zero attached hydrogens (tertiary/aromatic N) is 2. The first kappa shape index (κ1) is 12.5. The molecule has 0 saturated carbocycles. The van der Waals surface area contributed by atoms with Crippen LogP contribution in [0.3, 0.4) is 0 Å². The number of ether oxygens (including phenoxy) is 1. The number of hydrogen-bond donors (Lipinski definition) is 0. The number of esters is 1. The van der Waals surface area contributed by atoms with E-state index in [2.05, 4.69) is 9.84 Å². The molecule has 0 spiro atoms. The molecule has 0 fully saturated rings. The summed E-state index contributed by atoms with van der Waals surface area (Å²) in [7, 11) is 0. The number of carbonyl (C=O) groups excluding carboxylic acids is 1. The van der Waals surface area contributed by atoms with Crippen LogP contribution in [-0.4, -0.2) is 28.5 Å². The minimum atomic E-state index is -4.36. The second-order valence-electron chi connectivity index (χ2n) is 3.16. The van der Waals surface area contributed by atoms with Gasteiger partial charge in [-0.2, -0.15) is 18.3 Å². The van der Waals surface area contributed by atoms with Gasteiger partial charge < -0.3 is 4.74 Å². The Labute approximate surface area is 90.0 Å². The van der Waals surface area contributed by atoms with E-state index in [9.17, 15) is 18.0 Å². The minimum Gasteiger partial charge on any atom is -0.461 e. The van der Waals surface area contributed by atoms with Gasteiger partial charge in [0.05, 0.1) is 6.61 Å². The van der Waals surface area contributed by atoms with Gasteiger partial charge in [-0.25, -0.2) is 4.79 Å². The van der Waals surface area contributed by atoms with Gasteiger partial charge >= 0.3 is 12.1 Å². The van der Waals surface area contributed by atoms with Crippen molar-refractivity contribution in [1.29, 1.82) is 0 Å². The molecule has 0 saturated heterocycles. The first-order chi connectivity index (χ1) is 7.33. The van der Waals surface area contributed by atoms with Crippen molar-refractivity contribution in [2.75, 3.05) is 6.61 Å². The fourth-order valence-electron chi connectivity index (χ4n) is 1.14. The summed E-state index contributed by atoms with van der Waals surface area (Å²) in [5, 5.41) is 3.54. The molecule has 4 nitrogen and oxygen atoms in total. The third-order valence-electron chi connectivity index (χ3n) is 1.79. The molecule has 90 valence electrons. The molecule has 1 heterocycles. The van der Waals surface area contributed by atoms with Crippen LogP contribution in [0.4, 0.5) is 13.2 Å². The van der Waals surface area contributed by atoms with Crippen molar-refractivity contribution in [2.24, 2.45) is 0 Å². The van der Waals surface area contributed by atoms with Crippen molar-refractivity contribution in [2.45, 2.75) is 26.6 Å². The lowest BCUT2D eigenvalue weighted by molar-refractivity contribution is -0.143. The third-order valence-corrected chi connectivity index (χ3v) is 1.79. The van der Waals surface area contributed by atoms with Crippen molar-refractivity contribution in [3.63, 3.8) is 0 Å². The summed E-state index contributed by atoms with van der Waals surface area (Å²) in [6.07, 6.45) is -4.36. The van der Waals surface area contributed by atoms with E-state index in [1.54, 1.807) is 6.92 Å². The standard InChI is InChI=1S/C9H11F3N2O2/c1-3-16-8(15)7-4-6(2)14(13-7)5-9(10,11)12/h4H,3,5H2,1-2H3. The van der Waals surface area contributed by atoms with Crippen molar-refractivity contribution < 1.29 is 22.7 Å². The number of hydrogen-bond acceptors (Lipinski definition) is 3. The topological polar surface area (TPSA) is 44.1 Å². The zero-order valence-electron chi connectivity index (χ0n) is 8.84. The van der Waals surface area contributed by atoms with Crippen molar-refractivity contribution >= 4 is 5.97 Å². The average molecular weight is 236 g/mol. The number of aryl methyl sites for hydroxylation is 1. The van der Waals surface area contributed by atoms with E-state index in [0.29, 0.717) is 0 Å². The Kier molecular flexibility index (Phi) is 3.56. The van der Waals surface area contributed by atoms with Gasteiger partial charge in [-0.05, 0) is 19.9 Å². The zero-order valence-corrected chi connectivity index (χ0v) is 8.84. The molecule has 1 aromatic rings. The normalized spacial score (nSPS) is 11.6. The van der Waals surface area contributed by atoms with Crippen molar-refractivity contribution in [3.05, 3.63) is 17.5 Å². The maximum atomic E-state index is 12.1. The first-order valence-electron chi connectivity index (χ1n) is 4.62. The molecule has 0 aliphatic heterocycles. The molecule has 0 bridgehead atoms. The number of carbonyl (C=O) groups is 1. The number of alkyl halides is 3. The highest BCUT2D eigenvalue weighted by molar-refractivity contribution is 5.87. The highest BCUT2D eigenvalue weighted by Crippen LogP contribution is 2.18. The second-order valence-corrected chi connectivity index (χ2v) is 3.16. The van der Waals surface area contributed by atoms with Crippen molar-refractivity contribution in [3.8, 4) is 0 Å². The second kappa shape index (κ2) is 4.54. The van der Waals surface area contributed by atoms with Crippen LogP contribution in [0.5, 0.6) is 0 Å². The molecule has 1 aromatic heterocycles. The zero-order chi connectivity index (χ0) is 12.3. The van der Waals surface area contributed by atoms with Crippen LogP contribution in [0.1, 0.15) is 23.1 Å². The van der Waals surface area contributed by atoms with Gasteiger partial charge in [0.25, 0.3) is 0 Å². The Bertz CT molecular complexity index is 385. The minimum absolute atomic E-state index is 0.108. The number of aromatic nitrogens is 2. The van der Waals surface area contributed by atoms with Crippen LogP contribution < -0.4 is 0 Å². The largest absolute Gasteiger partial charge is 0.461 e. The van der Waals surface area contributed by atoms with E-state index in [0.717, 1.165) is 4.68 Å². The Balaban J connectivity index is 2.86. The van der Waals surface area contributed by atoms with E-state index in [1.807, 2.05) is 0 Å². The lowest BCUT2D eigenvalue weighted by atomic mass is 10.4. The molecule has 0 unspecified atom stereocenters. The smallest absolute Gasteiger partial charge is 0.408 e. The van der Waals surface area contributed by atoms with Crippen LogP contribution in [0.15, 0.2) is 6.07 Å². The summed E-state index contributed by atoms with van der Waals surface area (Å²) in [4.78, 5) is 11.2. The predicted molar refractivity (Wildman–Crippen MR) is 49.0 cm³/mol. The van der Waals surface area contributed by atoms with Gasteiger partial charge in [0.1, 0.15) is 6.54 Å². The Hall–Kier alpha value is -1.53. The summed E-state index contributed by atoms with van der Waals surface area (Å²) in [5.41, 5.74) is 0.156. The molecule has 7 heteroatoms. The average Bonchev–Trinajstić information content (AvgIpc) is 2.45. The highest BCUT2D eigenvalue weighted by Gasteiger charge is 2.29. The monoisotopic (exact) mass is 236 g/mol. The van der Waals surface area contributed by atoms with Crippen molar-refractivity contribution in [1.82, 2.24) is 9.78 Å². The van der Waals surface area contributed by atoms with Gasteiger partial charge in [0, 0.05) is 5.69 Å². The molecule has 16 heavy (non-hydrogen) atoms. The van der Waals surface area contributed by atoms with Crippen LogP contribution >= 0.6 is 0 Å². The summed E-state index contributed by atoms with van der Waals surface area (Å²) in [5.74, 6) is -0.716. The van der Waals surface area contributed by atoms with Gasteiger partial charge in [-0.3, -0.25) is 4.68 Å². The quantitative estimate of drug-likeness (QED) is 0.753. The molecule has 0 aliphatic carbocycles. The maximum Gasteiger partial charge on any atom is 0.408 e. The summed E-state index contributed by atoms with van der Waals surface area (Å²) < 4.78 is 41.7. The van der Waals surface area contributed by atoms with E-state index < -0.39 is 18.7 Å². The fourth-order valence-corrected chi connectivity index (χ4v) is 1.14. The van der Waals surface area contributed by atoms with E-state index >= 15 is 0 Å². The maximum absolute atomic E-state index is 12.1. The van der Waals surface area contributed by atoms with Gasteiger partial charge in [0.2, 0.25) is 0 Å². The Morgan fingerprint density at radius 1 is 1.56 bits per heavy atom. The molecule has 0 radical (unpaired) electrons. The van der Waals surface area contributed by atoms with Crippen LogP contribution in [0.2, 0.25) is 0 Å². The Morgan fingerprint density at radius 2 is 2.19 bits per heavy atom. The molecule has 1 rings (SSSR count). The lowest BCUT2D eigenvalue weighted by Crippen LogP contribution is -2.20. The fraction of sp³-hybridized carbons (Fsp3) is 0.556. The number of halogens is 3. The first-order valence-corrected chi connectivity index (χ1v) is 4.62. The van der Waals surface area contributed by atoms with Crippen LogP contribution in [0.25, 0.3) is 0 Å². The summed E-state index contributed by atoms with van der Waals surface area (Å²) >= 11 is 0. The third kappa shape index (κ3) is 3.25. The predicted octanol–water partition coefficient (Wildman–Crippen LogP) is 1.93. The van der Waals surface area contributed by atoms with Gasteiger partial charge in [-0.1, -0.05) is 0 Å². The molecule has 0 atom stereocenters. The molecule has 0 N–H and O–H groups in total. The number of rotatable bonds is 3. The van der Waals surface area contributed by atoms with Crippen LogP contribution in [-0.2, 0) is 11.3 Å². The van der Waals surface area contributed by atoms with E-state index in [4.69, 9.17) is 0 Å². The van der Waals surface area contributed by atoms with Gasteiger partial charge in [0.15, 0.2) is 5.69 Å². The molecule has 0 amide bonds. The molecule has 0 aromatic carbocycles. The van der Waals surface area contributed by atoms with E-state index in [1.165, 1.54) is 13.0 Å². The SMILES string of the molecule is CCOC(=O)c1cc(C)n(CC(F)(F)F)n1. The van der Waals surface area contributed by atoms with E-state index in [-0.39, 0.29) is 18.0 Å². The molecule has 0 aliphatic rings. The molecular formula is C9H11F3N2O2. The van der Waals surface area contributed by atoms with Crippen LogP contribution in [0, 0.1) is 6.92 Å². The highest BCUT2D eigenvalue weighted by atomic mass is 19.4.